The van der Waals surface area contributed by atoms with Gasteiger partial charge in [0.15, 0.2) is 0 Å². The molecule has 4 nitrogen and oxygen atoms in total. The van der Waals surface area contributed by atoms with Crippen molar-refractivity contribution >= 4 is 11.4 Å². The topological polar surface area (TPSA) is 64.5 Å². The Labute approximate surface area is 83.6 Å². The highest BCUT2D eigenvalue weighted by Gasteiger charge is 1.92. The number of benzene rings is 1. The summed E-state index contributed by atoms with van der Waals surface area (Å²) in [6.45, 7) is 1.38. The average Bonchev–Trinajstić information content (AvgIpc) is 2.25. The van der Waals surface area contributed by atoms with E-state index in [1.54, 1.807) is 0 Å². The van der Waals surface area contributed by atoms with Crippen LogP contribution in [0.5, 0.6) is 0 Å². The van der Waals surface area contributed by atoms with Gasteiger partial charge in [-0.25, -0.2) is 0 Å². The molecule has 78 valence electrons. The fraction of sp³-hybridized carbons (Fsp3) is 0.400. The molecule has 1 aromatic carbocycles. The number of hydrogen-bond acceptors (Lipinski definition) is 4. The molecule has 0 unspecified atom stereocenters. The smallest absolute Gasteiger partial charge is 0.0604 e. The van der Waals surface area contributed by atoms with Gasteiger partial charge in [-0.2, -0.15) is 0 Å². The van der Waals surface area contributed by atoms with Crippen LogP contribution in [0.4, 0.5) is 11.4 Å². The maximum Gasteiger partial charge on any atom is 0.0604 e. The summed E-state index contributed by atoms with van der Waals surface area (Å²) in [5, 5.41) is 23.3. The maximum atomic E-state index is 8.60. The summed E-state index contributed by atoms with van der Waals surface area (Å²) in [5.41, 5.74) is 1.96. The van der Waals surface area contributed by atoms with Crippen molar-refractivity contribution in [3.8, 4) is 0 Å². The quantitative estimate of drug-likeness (QED) is 0.535. The molecule has 0 fully saturated rings. The molecule has 0 saturated carbocycles. The highest BCUT2D eigenvalue weighted by molar-refractivity contribution is 5.53. The van der Waals surface area contributed by atoms with Crippen LogP contribution in [-0.2, 0) is 0 Å². The van der Waals surface area contributed by atoms with Crippen LogP contribution in [0.15, 0.2) is 24.3 Å². The SMILES string of the molecule is OCCNc1ccc(NCCO)cc1. The lowest BCUT2D eigenvalue weighted by atomic mass is 10.3. The highest BCUT2D eigenvalue weighted by Crippen LogP contribution is 2.12. The number of anilines is 2. The molecule has 0 spiro atoms. The third-order valence-electron chi connectivity index (χ3n) is 1.77. The Bertz CT molecular complexity index is 222. The van der Waals surface area contributed by atoms with Crippen molar-refractivity contribution in [2.24, 2.45) is 0 Å². The first-order chi connectivity index (χ1) is 6.86. The molecule has 0 radical (unpaired) electrons. The molecule has 1 rings (SSSR count). The second kappa shape index (κ2) is 6.23. The molecular formula is C10H16N2O2. The molecule has 0 saturated heterocycles. The van der Waals surface area contributed by atoms with Crippen LogP contribution in [-0.4, -0.2) is 36.5 Å². The van der Waals surface area contributed by atoms with E-state index in [4.69, 9.17) is 10.2 Å². The van der Waals surface area contributed by atoms with E-state index >= 15 is 0 Å². The van der Waals surface area contributed by atoms with E-state index in [-0.39, 0.29) is 13.2 Å². The predicted molar refractivity (Wildman–Crippen MR) is 57.6 cm³/mol. The third kappa shape index (κ3) is 3.64. The molecule has 0 heterocycles. The van der Waals surface area contributed by atoms with Crippen LogP contribution < -0.4 is 10.6 Å². The third-order valence-corrected chi connectivity index (χ3v) is 1.77. The van der Waals surface area contributed by atoms with Gasteiger partial charge in [-0.05, 0) is 24.3 Å². The minimum Gasteiger partial charge on any atom is -0.395 e. The van der Waals surface area contributed by atoms with Crippen molar-refractivity contribution in [2.45, 2.75) is 0 Å². The Morgan fingerprint density at radius 1 is 0.786 bits per heavy atom. The molecular weight excluding hydrogens is 180 g/mol. The maximum absolute atomic E-state index is 8.60. The zero-order valence-electron chi connectivity index (χ0n) is 8.03. The van der Waals surface area contributed by atoms with Crippen molar-refractivity contribution in [3.63, 3.8) is 0 Å². The standard InChI is InChI=1S/C10H16N2O2/c13-7-5-11-9-1-2-10(4-3-9)12-6-8-14/h1-4,11-14H,5-8H2. The number of nitrogens with one attached hydrogen (secondary N) is 2. The molecule has 4 heteroatoms. The molecule has 1 aromatic rings. The number of rotatable bonds is 6. The van der Waals surface area contributed by atoms with Crippen molar-refractivity contribution < 1.29 is 10.2 Å². The summed E-state index contributed by atoms with van der Waals surface area (Å²) >= 11 is 0. The van der Waals surface area contributed by atoms with E-state index in [1.165, 1.54) is 0 Å². The van der Waals surface area contributed by atoms with Gasteiger partial charge in [-0.3, -0.25) is 0 Å². The van der Waals surface area contributed by atoms with Crippen LogP contribution >= 0.6 is 0 Å². The molecule has 0 aliphatic rings. The molecule has 0 aliphatic heterocycles. The molecule has 0 atom stereocenters. The second-order valence-electron chi connectivity index (χ2n) is 2.88. The van der Waals surface area contributed by atoms with Gasteiger partial charge >= 0.3 is 0 Å². The first-order valence-electron chi connectivity index (χ1n) is 4.66. The fourth-order valence-corrected chi connectivity index (χ4v) is 1.11. The summed E-state index contributed by atoms with van der Waals surface area (Å²) in [6, 6.07) is 7.70. The van der Waals surface area contributed by atoms with Gasteiger partial charge in [0.25, 0.3) is 0 Å². The number of hydrogen-bond donors (Lipinski definition) is 4. The summed E-state index contributed by atoms with van der Waals surface area (Å²) in [6.07, 6.45) is 0. The van der Waals surface area contributed by atoms with Crippen molar-refractivity contribution in [1.82, 2.24) is 0 Å². The Balaban J connectivity index is 2.42. The van der Waals surface area contributed by atoms with Gasteiger partial charge in [0, 0.05) is 24.5 Å². The largest absolute Gasteiger partial charge is 0.395 e. The molecule has 0 aliphatic carbocycles. The van der Waals surface area contributed by atoms with E-state index in [0.29, 0.717) is 13.1 Å². The van der Waals surface area contributed by atoms with E-state index < -0.39 is 0 Å². The zero-order chi connectivity index (χ0) is 10.2. The minimum absolute atomic E-state index is 0.129. The van der Waals surface area contributed by atoms with Gasteiger partial charge < -0.3 is 20.8 Å². The van der Waals surface area contributed by atoms with Crippen LogP contribution in [0.1, 0.15) is 0 Å². The van der Waals surface area contributed by atoms with Crippen LogP contribution in [0, 0.1) is 0 Å². The summed E-state index contributed by atoms with van der Waals surface area (Å²) in [7, 11) is 0. The van der Waals surface area contributed by atoms with Crippen LogP contribution in [0.25, 0.3) is 0 Å². The normalized spacial score (nSPS) is 9.86. The van der Waals surface area contributed by atoms with Gasteiger partial charge in [0.1, 0.15) is 0 Å². The molecule has 14 heavy (non-hydrogen) atoms. The predicted octanol–water partition coefficient (Wildman–Crippen LogP) is 0.495. The molecule has 0 aromatic heterocycles. The number of aliphatic hydroxyl groups excluding tert-OH is 2. The van der Waals surface area contributed by atoms with E-state index in [1.807, 2.05) is 24.3 Å². The first-order valence-corrected chi connectivity index (χ1v) is 4.66. The first kappa shape index (κ1) is 10.8. The van der Waals surface area contributed by atoms with E-state index in [0.717, 1.165) is 11.4 Å². The van der Waals surface area contributed by atoms with Crippen molar-refractivity contribution in [1.29, 1.82) is 0 Å². The van der Waals surface area contributed by atoms with Crippen LogP contribution in [0.3, 0.4) is 0 Å². The molecule has 0 amide bonds. The Morgan fingerprint density at radius 2 is 1.14 bits per heavy atom. The van der Waals surface area contributed by atoms with Gasteiger partial charge in [-0.15, -0.1) is 0 Å². The zero-order valence-corrected chi connectivity index (χ0v) is 8.03. The van der Waals surface area contributed by atoms with Gasteiger partial charge in [0.05, 0.1) is 13.2 Å². The Hall–Kier alpha value is -1.26. The average molecular weight is 196 g/mol. The van der Waals surface area contributed by atoms with Gasteiger partial charge in [-0.1, -0.05) is 0 Å². The lowest BCUT2D eigenvalue weighted by molar-refractivity contribution is 0.310. The summed E-state index contributed by atoms with van der Waals surface area (Å²) in [5.74, 6) is 0. The fourth-order valence-electron chi connectivity index (χ4n) is 1.11. The van der Waals surface area contributed by atoms with E-state index in [9.17, 15) is 0 Å². The Kier molecular flexibility index (Phi) is 4.82. The Morgan fingerprint density at radius 3 is 1.43 bits per heavy atom. The van der Waals surface area contributed by atoms with Crippen LogP contribution in [0.2, 0.25) is 0 Å². The highest BCUT2D eigenvalue weighted by atomic mass is 16.3. The van der Waals surface area contributed by atoms with Crippen molar-refractivity contribution in [3.05, 3.63) is 24.3 Å². The summed E-state index contributed by atoms with van der Waals surface area (Å²) < 4.78 is 0. The lowest BCUT2D eigenvalue weighted by Crippen LogP contribution is -2.07. The van der Waals surface area contributed by atoms with Gasteiger partial charge in [0.2, 0.25) is 0 Å². The molecule has 4 N–H and O–H groups in total. The minimum atomic E-state index is 0.129. The second-order valence-corrected chi connectivity index (χ2v) is 2.88. The van der Waals surface area contributed by atoms with Crippen molar-refractivity contribution in [2.75, 3.05) is 36.9 Å². The summed E-state index contributed by atoms with van der Waals surface area (Å²) in [4.78, 5) is 0. The molecule has 0 bridgehead atoms. The monoisotopic (exact) mass is 196 g/mol. The lowest BCUT2D eigenvalue weighted by Gasteiger charge is -2.07. The van der Waals surface area contributed by atoms with E-state index in [2.05, 4.69) is 10.6 Å². The number of aliphatic hydroxyl groups is 2.